The Labute approximate surface area is 217 Å². The molecule has 1 aromatic heterocycles. The lowest BCUT2D eigenvalue weighted by Crippen LogP contribution is -2.31. The minimum absolute atomic E-state index is 0.00731. The van der Waals surface area contributed by atoms with Gasteiger partial charge in [-0.05, 0) is 86.7 Å². The van der Waals surface area contributed by atoms with Crippen LogP contribution in [-0.4, -0.2) is 42.0 Å². The van der Waals surface area contributed by atoms with Crippen molar-refractivity contribution in [2.24, 2.45) is 0 Å². The lowest BCUT2D eigenvalue weighted by atomic mass is 9.95. The number of aliphatic hydroxyl groups is 1. The van der Waals surface area contributed by atoms with E-state index in [-0.39, 0.29) is 11.3 Å². The number of methoxy groups -OCH3 is 1. The van der Waals surface area contributed by atoms with Gasteiger partial charge in [-0.3, -0.25) is 19.5 Å². The number of Topliss-reactive ketones (excluding diaryl/α,β-unsaturated/α-hetero) is 1. The molecule has 2 aliphatic rings. The van der Waals surface area contributed by atoms with Gasteiger partial charge in [0.25, 0.3) is 11.7 Å². The minimum atomic E-state index is -0.882. The van der Waals surface area contributed by atoms with Crippen LogP contribution in [0.15, 0.2) is 66.4 Å². The third kappa shape index (κ3) is 4.46. The molecule has 7 heteroatoms. The van der Waals surface area contributed by atoms with Gasteiger partial charge in [-0.15, -0.1) is 0 Å². The van der Waals surface area contributed by atoms with Crippen LogP contribution in [0, 0.1) is 13.8 Å². The Balaban J connectivity index is 1.64. The molecule has 0 saturated carbocycles. The highest BCUT2D eigenvalue weighted by Gasteiger charge is 2.48. The van der Waals surface area contributed by atoms with Gasteiger partial charge in [0.15, 0.2) is 0 Å². The highest BCUT2D eigenvalue weighted by molar-refractivity contribution is 6.51. The van der Waals surface area contributed by atoms with Crippen molar-refractivity contribution in [3.05, 3.63) is 88.8 Å². The maximum atomic E-state index is 13.5. The van der Waals surface area contributed by atoms with E-state index in [0.29, 0.717) is 22.7 Å². The molecule has 37 heavy (non-hydrogen) atoms. The van der Waals surface area contributed by atoms with Crippen molar-refractivity contribution in [2.75, 3.05) is 30.0 Å². The van der Waals surface area contributed by atoms with Gasteiger partial charge in [0, 0.05) is 30.7 Å². The van der Waals surface area contributed by atoms with Crippen LogP contribution in [0.4, 0.5) is 11.4 Å². The molecule has 1 amide bonds. The predicted octanol–water partition coefficient (Wildman–Crippen LogP) is 5.32. The number of carbonyl (C=O) groups excluding carboxylic acids is 2. The first-order valence-electron chi connectivity index (χ1n) is 12.6. The van der Waals surface area contributed by atoms with E-state index in [9.17, 15) is 14.7 Å². The Kier molecular flexibility index (Phi) is 6.70. The summed E-state index contributed by atoms with van der Waals surface area (Å²) in [5, 5.41) is 11.5. The zero-order chi connectivity index (χ0) is 26.1. The summed E-state index contributed by atoms with van der Waals surface area (Å²) in [6.45, 7) is 5.80. The predicted molar refractivity (Wildman–Crippen MR) is 144 cm³/mol. The number of nitrogens with zero attached hydrogens (tertiary/aromatic N) is 3. The number of benzene rings is 2. The second kappa shape index (κ2) is 10.1. The SMILES string of the molecule is COc1c(C)cc(C)cc1/C(O)=C1\C(=O)C(=O)N(c2ccc(N3CCCCC3)cc2)C1c1ccccn1. The van der Waals surface area contributed by atoms with Crippen LogP contribution in [0.5, 0.6) is 5.75 Å². The van der Waals surface area contributed by atoms with Gasteiger partial charge in [0.2, 0.25) is 0 Å². The van der Waals surface area contributed by atoms with Crippen molar-refractivity contribution in [3.8, 4) is 5.75 Å². The Hall–Kier alpha value is -4.13. The summed E-state index contributed by atoms with van der Waals surface area (Å²) in [4.78, 5) is 35.2. The van der Waals surface area contributed by atoms with Crippen molar-refractivity contribution in [3.63, 3.8) is 0 Å². The van der Waals surface area contributed by atoms with Gasteiger partial charge in [0.1, 0.15) is 17.6 Å². The van der Waals surface area contributed by atoms with Crippen molar-refractivity contribution >= 4 is 28.8 Å². The molecule has 1 N–H and O–H groups in total. The summed E-state index contributed by atoms with van der Waals surface area (Å²) in [7, 11) is 1.52. The normalized spacial score (nSPS) is 19.4. The third-order valence-corrected chi connectivity index (χ3v) is 7.14. The highest BCUT2D eigenvalue weighted by atomic mass is 16.5. The minimum Gasteiger partial charge on any atom is -0.507 e. The maximum absolute atomic E-state index is 13.5. The first-order chi connectivity index (χ1) is 17.9. The summed E-state index contributed by atoms with van der Waals surface area (Å²) in [5.41, 5.74) is 4.25. The first kappa shape index (κ1) is 24.6. The maximum Gasteiger partial charge on any atom is 0.300 e. The van der Waals surface area contributed by atoms with E-state index in [2.05, 4.69) is 9.88 Å². The number of hydrogen-bond acceptors (Lipinski definition) is 6. The average molecular weight is 498 g/mol. The van der Waals surface area contributed by atoms with Crippen LogP contribution < -0.4 is 14.5 Å². The molecule has 7 nitrogen and oxygen atoms in total. The lowest BCUT2D eigenvalue weighted by Gasteiger charge is -2.30. The molecule has 2 fully saturated rings. The molecule has 5 rings (SSSR count). The van der Waals surface area contributed by atoms with Crippen molar-refractivity contribution in [1.82, 2.24) is 4.98 Å². The number of amides is 1. The summed E-state index contributed by atoms with van der Waals surface area (Å²) >= 11 is 0. The lowest BCUT2D eigenvalue weighted by molar-refractivity contribution is -0.132. The van der Waals surface area contributed by atoms with Crippen molar-refractivity contribution in [2.45, 2.75) is 39.2 Å². The topological polar surface area (TPSA) is 83.0 Å². The van der Waals surface area contributed by atoms with Crippen molar-refractivity contribution < 1.29 is 19.4 Å². The number of aryl methyl sites for hydroxylation is 2. The number of aliphatic hydroxyl groups excluding tert-OH is 1. The van der Waals surface area contributed by atoms with Gasteiger partial charge >= 0.3 is 0 Å². The fourth-order valence-corrected chi connectivity index (χ4v) is 5.44. The van der Waals surface area contributed by atoms with E-state index in [0.717, 1.165) is 42.7 Å². The molecule has 2 aromatic carbocycles. The van der Waals surface area contributed by atoms with Gasteiger partial charge in [-0.25, -0.2) is 0 Å². The summed E-state index contributed by atoms with van der Waals surface area (Å²) in [6.07, 6.45) is 5.19. The van der Waals surface area contributed by atoms with Crippen LogP contribution in [0.2, 0.25) is 0 Å². The number of ketones is 1. The number of pyridine rings is 1. The van der Waals surface area contributed by atoms with Crippen LogP contribution >= 0.6 is 0 Å². The molecule has 2 aliphatic heterocycles. The number of carbonyl (C=O) groups is 2. The zero-order valence-electron chi connectivity index (χ0n) is 21.4. The van der Waals surface area contributed by atoms with Crippen molar-refractivity contribution in [1.29, 1.82) is 0 Å². The Bertz CT molecular complexity index is 1360. The molecule has 1 atom stereocenters. The molecular formula is C30H31N3O4. The molecule has 3 aromatic rings. The highest BCUT2D eigenvalue weighted by Crippen LogP contribution is 2.43. The van der Waals surface area contributed by atoms with Crippen LogP contribution in [0.1, 0.15) is 47.7 Å². The fourth-order valence-electron chi connectivity index (χ4n) is 5.44. The molecule has 3 heterocycles. The Morgan fingerprint density at radius 3 is 2.32 bits per heavy atom. The van der Waals surface area contributed by atoms with Gasteiger partial charge in [-0.2, -0.15) is 0 Å². The van der Waals surface area contributed by atoms with E-state index in [1.54, 1.807) is 30.5 Å². The Morgan fingerprint density at radius 2 is 1.68 bits per heavy atom. The zero-order valence-corrected chi connectivity index (χ0v) is 21.4. The molecule has 0 bridgehead atoms. The quantitative estimate of drug-likeness (QED) is 0.292. The summed E-state index contributed by atoms with van der Waals surface area (Å²) in [6, 6.07) is 15.9. The summed E-state index contributed by atoms with van der Waals surface area (Å²) < 4.78 is 5.57. The van der Waals surface area contributed by atoms with Crippen LogP contribution in [0.3, 0.4) is 0 Å². The fraction of sp³-hybridized carbons (Fsp3) is 0.300. The van der Waals surface area contributed by atoms with E-state index >= 15 is 0 Å². The van der Waals surface area contributed by atoms with Gasteiger partial charge < -0.3 is 14.7 Å². The molecule has 190 valence electrons. The molecule has 2 saturated heterocycles. The summed E-state index contributed by atoms with van der Waals surface area (Å²) in [5.74, 6) is -1.27. The van der Waals surface area contributed by atoms with Gasteiger partial charge in [-0.1, -0.05) is 12.1 Å². The van der Waals surface area contributed by atoms with E-state index in [1.165, 1.54) is 18.4 Å². The van der Waals surface area contributed by atoms with E-state index < -0.39 is 17.7 Å². The molecule has 0 spiro atoms. The van der Waals surface area contributed by atoms with Gasteiger partial charge in [0.05, 0.1) is 23.9 Å². The number of anilines is 2. The van der Waals surface area contributed by atoms with E-state index in [4.69, 9.17) is 4.74 Å². The second-order valence-electron chi connectivity index (χ2n) is 9.65. The number of ether oxygens (including phenoxy) is 1. The number of aromatic nitrogens is 1. The largest absolute Gasteiger partial charge is 0.507 e. The van der Waals surface area contributed by atoms with Crippen LogP contribution in [0.25, 0.3) is 5.76 Å². The van der Waals surface area contributed by atoms with Crippen LogP contribution in [-0.2, 0) is 9.59 Å². The molecule has 0 aliphatic carbocycles. The number of hydrogen-bond donors (Lipinski definition) is 1. The number of rotatable bonds is 5. The first-order valence-corrected chi connectivity index (χ1v) is 12.6. The average Bonchev–Trinajstić information content (AvgIpc) is 3.19. The Morgan fingerprint density at radius 1 is 0.973 bits per heavy atom. The molecule has 0 radical (unpaired) electrons. The second-order valence-corrected chi connectivity index (χ2v) is 9.65. The third-order valence-electron chi connectivity index (χ3n) is 7.14. The smallest absolute Gasteiger partial charge is 0.300 e. The number of piperidine rings is 1. The molecular weight excluding hydrogens is 466 g/mol. The monoisotopic (exact) mass is 497 g/mol. The molecule has 1 unspecified atom stereocenters. The van der Waals surface area contributed by atoms with E-state index in [1.807, 2.05) is 44.2 Å². The standard InChI is InChI=1S/C30H31N3O4/c1-19-17-20(2)29(37-3)23(18-19)27(34)25-26(24-9-5-6-14-31-24)33(30(36)28(25)35)22-12-10-21(11-13-22)32-15-7-4-8-16-32/h5-6,9-14,17-18,26,34H,4,7-8,15-16H2,1-3H3/b27-25+.